The van der Waals surface area contributed by atoms with Crippen molar-refractivity contribution in [2.24, 2.45) is 0 Å². The van der Waals surface area contributed by atoms with Gasteiger partial charge in [0.15, 0.2) is 6.54 Å². The summed E-state index contributed by atoms with van der Waals surface area (Å²) in [6.45, 7) is 9.12. The van der Waals surface area contributed by atoms with Gasteiger partial charge in [-0.05, 0) is 37.1 Å². The number of amides is 1. The number of carbonyl (C=O) groups excluding carboxylic acids is 1. The van der Waals surface area contributed by atoms with Crippen molar-refractivity contribution in [2.75, 3.05) is 63.6 Å². The summed E-state index contributed by atoms with van der Waals surface area (Å²) in [7, 11) is 1.64. The number of nitrogens with one attached hydrogen (secondary N) is 3. The summed E-state index contributed by atoms with van der Waals surface area (Å²) < 4.78 is 5.33. The van der Waals surface area contributed by atoms with E-state index in [4.69, 9.17) is 4.74 Å². The highest BCUT2D eigenvalue weighted by atomic mass is 16.5. The number of ether oxygens (including phenoxy) is 1. The SMILES string of the molecule is COc1ccccc1NC[C@H](O)CN1CC[NH+](CC(=O)Nc2c(C)cccc2C)CC1. The number of carbonyl (C=O) groups is 1. The van der Waals surface area contributed by atoms with Crippen LogP contribution in [0.15, 0.2) is 42.5 Å². The molecule has 0 radical (unpaired) electrons. The Hall–Kier alpha value is -2.61. The Morgan fingerprint density at radius 1 is 1.13 bits per heavy atom. The molecule has 7 nitrogen and oxygen atoms in total. The fourth-order valence-electron chi connectivity index (χ4n) is 4.03. The zero-order valence-corrected chi connectivity index (χ0v) is 18.8. The maximum Gasteiger partial charge on any atom is 0.279 e. The van der Waals surface area contributed by atoms with Crippen molar-refractivity contribution in [3.63, 3.8) is 0 Å². The summed E-state index contributed by atoms with van der Waals surface area (Å²) in [5, 5.41) is 16.8. The molecule has 4 N–H and O–H groups in total. The maximum atomic E-state index is 12.5. The van der Waals surface area contributed by atoms with Crippen LogP contribution in [0.5, 0.6) is 5.75 Å². The van der Waals surface area contributed by atoms with Crippen LogP contribution in [-0.2, 0) is 4.79 Å². The third kappa shape index (κ3) is 6.69. The molecule has 0 unspecified atom stereocenters. The van der Waals surface area contributed by atoms with Crippen LogP contribution >= 0.6 is 0 Å². The fourth-order valence-corrected chi connectivity index (χ4v) is 4.03. The van der Waals surface area contributed by atoms with Gasteiger partial charge in [-0.3, -0.25) is 9.69 Å². The number of hydrogen-bond acceptors (Lipinski definition) is 5. The van der Waals surface area contributed by atoms with Crippen LogP contribution < -0.4 is 20.3 Å². The number of piperazine rings is 1. The Bertz CT molecular complexity index is 845. The van der Waals surface area contributed by atoms with E-state index in [0.29, 0.717) is 19.6 Å². The van der Waals surface area contributed by atoms with Gasteiger partial charge in [0.05, 0.1) is 32.0 Å². The fraction of sp³-hybridized carbons (Fsp3) is 0.458. The van der Waals surface area contributed by atoms with Crippen molar-refractivity contribution in [1.82, 2.24) is 4.90 Å². The number of aliphatic hydroxyl groups excluding tert-OH is 1. The molecule has 1 heterocycles. The van der Waals surface area contributed by atoms with Crippen LogP contribution in [0, 0.1) is 13.8 Å². The first-order chi connectivity index (χ1) is 15.0. The van der Waals surface area contributed by atoms with Crippen molar-refractivity contribution in [1.29, 1.82) is 0 Å². The minimum absolute atomic E-state index is 0.0573. The van der Waals surface area contributed by atoms with Crippen molar-refractivity contribution in [2.45, 2.75) is 20.0 Å². The van der Waals surface area contributed by atoms with Crippen molar-refractivity contribution < 1.29 is 19.5 Å². The molecule has 31 heavy (non-hydrogen) atoms. The maximum absolute atomic E-state index is 12.5. The molecule has 1 amide bonds. The number of aryl methyl sites for hydroxylation is 2. The lowest BCUT2D eigenvalue weighted by Crippen LogP contribution is -3.15. The van der Waals surface area contributed by atoms with E-state index in [-0.39, 0.29) is 5.91 Å². The molecule has 1 saturated heterocycles. The van der Waals surface area contributed by atoms with Gasteiger partial charge in [-0.1, -0.05) is 30.3 Å². The lowest BCUT2D eigenvalue weighted by Gasteiger charge is -2.33. The predicted octanol–water partition coefficient (Wildman–Crippen LogP) is 0.924. The lowest BCUT2D eigenvalue weighted by molar-refractivity contribution is -0.896. The van der Waals surface area contributed by atoms with Gasteiger partial charge >= 0.3 is 0 Å². The van der Waals surface area contributed by atoms with Gasteiger partial charge in [0.25, 0.3) is 5.91 Å². The van der Waals surface area contributed by atoms with Crippen molar-refractivity contribution >= 4 is 17.3 Å². The molecule has 0 saturated carbocycles. The van der Waals surface area contributed by atoms with E-state index < -0.39 is 6.10 Å². The number of β-amino-alcohol motifs (C(OH)–C–C–N with tert-alkyl or cyclic N) is 1. The molecule has 2 aromatic rings. The molecule has 2 aromatic carbocycles. The molecule has 0 bridgehead atoms. The standard InChI is InChI=1S/C24H34N4O3/c1-18-7-6-8-19(2)24(18)26-23(30)17-28-13-11-27(12-14-28)16-20(29)15-25-21-9-4-5-10-22(21)31-3/h4-10,20,25,29H,11-17H2,1-3H3,(H,26,30)/p+1/t20-/m0/s1. The molecule has 1 fully saturated rings. The molecule has 1 aliphatic rings. The zero-order valence-electron chi connectivity index (χ0n) is 18.8. The van der Waals surface area contributed by atoms with Crippen LogP contribution in [0.1, 0.15) is 11.1 Å². The quantitative estimate of drug-likeness (QED) is 0.479. The summed E-state index contributed by atoms with van der Waals surface area (Å²) in [6.07, 6.45) is -0.473. The molecule has 0 aliphatic carbocycles. The van der Waals surface area contributed by atoms with E-state index in [1.54, 1.807) is 7.11 Å². The number of para-hydroxylation sites is 3. The van der Waals surface area contributed by atoms with Gasteiger partial charge in [0.2, 0.25) is 0 Å². The Balaban J connectivity index is 1.38. The molecule has 1 aliphatic heterocycles. The van der Waals surface area contributed by atoms with E-state index in [0.717, 1.165) is 54.4 Å². The Morgan fingerprint density at radius 3 is 2.48 bits per heavy atom. The first kappa shape index (κ1) is 23.1. The minimum atomic E-state index is -0.473. The van der Waals surface area contributed by atoms with E-state index in [1.807, 2.05) is 56.3 Å². The molecule has 3 rings (SSSR count). The molecular weight excluding hydrogens is 392 g/mol. The Morgan fingerprint density at radius 2 is 1.81 bits per heavy atom. The van der Waals surface area contributed by atoms with Crippen LogP contribution in [0.4, 0.5) is 11.4 Å². The number of aliphatic hydroxyl groups is 1. The van der Waals surface area contributed by atoms with E-state index in [1.165, 1.54) is 4.90 Å². The zero-order chi connectivity index (χ0) is 22.2. The molecule has 1 atom stereocenters. The van der Waals surface area contributed by atoms with Gasteiger partial charge in [-0.25, -0.2) is 0 Å². The summed E-state index contributed by atoms with van der Waals surface area (Å²) in [4.78, 5) is 16.1. The number of rotatable bonds is 9. The van der Waals surface area contributed by atoms with Gasteiger partial charge in [0.1, 0.15) is 5.75 Å². The molecule has 0 spiro atoms. The molecule has 7 heteroatoms. The Labute approximate surface area is 185 Å². The highest BCUT2D eigenvalue weighted by molar-refractivity contribution is 5.93. The van der Waals surface area contributed by atoms with Gasteiger partial charge in [0, 0.05) is 31.9 Å². The van der Waals surface area contributed by atoms with Crippen molar-refractivity contribution in [3.05, 3.63) is 53.6 Å². The van der Waals surface area contributed by atoms with Crippen LogP contribution in [0.2, 0.25) is 0 Å². The van der Waals surface area contributed by atoms with Gasteiger partial charge in [-0.15, -0.1) is 0 Å². The molecule has 168 valence electrons. The monoisotopic (exact) mass is 427 g/mol. The molecule has 0 aromatic heterocycles. The van der Waals surface area contributed by atoms with E-state index in [9.17, 15) is 9.90 Å². The van der Waals surface area contributed by atoms with Crippen LogP contribution in [0.25, 0.3) is 0 Å². The summed E-state index contributed by atoms with van der Waals surface area (Å²) in [5.74, 6) is 0.827. The van der Waals surface area contributed by atoms with Crippen LogP contribution in [0.3, 0.4) is 0 Å². The highest BCUT2D eigenvalue weighted by Gasteiger charge is 2.24. The third-order valence-corrected chi connectivity index (χ3v) is 5.82. The number of anilines is 2. The largest absolute Gasteiger partial charge is 0.495 e. The smallest absolute Gasteiger partial charge is 0.279 e. The topological polar surface area (TPSA) is 78.3 Å². The third-order valence-electron chi connectivity index (χ3n) is 5.82. The van der Waals surface area contributed by atoms with Gasteiger partial charge < -0.3 is 25.4 Å². The normalized spacial score (nSPS) is 16.0. The highest BCUT2D eigenvalue weighted by Crippen LogP contribution is 2.22. The summed E-state index contributed by atoms with van der Waals surface area (Å²) in [6, 6.07) is 13.7. The predicted molar refractivity (Wildman–Crippen MR) is 124 cm³/mol. The Kier molecular flexibility index (Phi) is 8.28. The van der Waals surface area contributed by atoms with Crippen LogP contribution in [-0.4, -0.2) is 74.9 Å². The summed E-state index contributed by atoms with van der Waals surface area (Å²) in [5.41, 5.74) is 3.98. The first-order valence-corrected chi connectivity index (χ1v) is 10.9. The van der Waals surface area contributed by atoms with E-state index >= 15 is 0 Å². The van der Waals surface area contributed by atoms with E-state index in [2.05, 4.69) is 15.5 Å². The number of nitrogens with zero attached hydrogens (tertiary/aromatic N) is 1. The average molecular weight is 428 g/mol. The second-order valence-corrected chi connectivity index (χ2v) is 8.28. The minimum Gasteiger partial charge on any atom is -0.495 e. The number of hydrogen-bond donors (Lipinski definition) is 4. The lowest BCUT2D eigenvalue weighted by atomic mass is 10.1. The number of quaternary nitrogens is 1. The second-order valence-electron chi connectivity index (χ2n) is 8.28. The molecular formula is C24H35N4O3+. The average Bonchev–Trinajstić information content (AvgIpc) is 2.76. The summed E-state index contributed by atoms with van der Waals surface area (Å²) >= 11 is 0. The van der Waals surface area contributed by atoms with Crippen molar-refractivity contribution in [3.8, 4) is 5.75 Å². The van der Waals surface area contributed by atoms with Gasteiger partial charge in [-0.2, -0.15) is 0 Å². The number of benzene rings is 2. The number of methoxy groups -OCH3 is 1. The second kappa shape index (κ2) is 11.1. The first-order valence-electron chi connectivity index (χ1n) is 10.9.